The molecule has 4 aromatic rings. The number of methoxy groups -OCH3 is 1. The van der Waals surface area contributed by atoms with Gasteiger partial charge in [-0.25, -0.2) is 28.2 Å². The number of aromatic hydroxyl groups is 2. The van der Waals surface area contributed by atoms with Crippen LogP contribution in [0.15, 0.2) is 66.7 Å². The first-order chi connectivity index (χ1) is 16.6. The molecule has 0 fully saturated rings. The zero-order chi connectivity index (χ0) is 25.2. The Morgan fingerprint density at radius 1 is 0.829 bits per heavy atom. The van der Waals surface area contributed by atoms with Crippen LogP contribution >= 0.6 is 0 Å². The molecule has 1 heterocycles. The lowest BCUT2D eigenvalue weighted by Gasteiger charge is -2.11. The van der Waals surface area contributed by atoms with Gasteiger partial charge in [0.25, 0.3) is 0 Å². The predicted octanol–water partition coefficient (Wildman–Crippen LogP) is 3.44. The first-order valence-electron chi connectivity index (χ1n) is 10.2. The summed E-state index contributed by atoms with van der Waals surface area (Å²) in [5.74, 6) is -0.493. The molecule has 0 unspecified atom stereocenters. The zero-order valence-corrected chi connectivity index (χ0v) is 19.4. The number of aromatic nitrogens is 3. The van der Waals surface area contributed by atoms with Crippen molar-refractivity contribution in [1.29, 1.82) is 0 Å². The van der Waals surface area contributed by atoms with Crippen molar-refractivity contribution in [2.24, 2.45) is 0 Å². The van der Waals surface area contributed by atoms with E-state index in [9.17, 15) is 23.4 Å². The number of carbonyl (C=O) groups excluding carboxylic acids is 1. The molecule has 3 aromatic carbocycles. The average molecular weight is 493 g/mol. The fourth-order valence-corrected chi connectivity index (χ4v) is 3.87. The average Bonchev–Trinajstić information content (AvgIpc) is 2.82. The number of esters is 1. The number of rotatable bonds is 6. The van der Waals surface area contributed by atoms with E-state index in [1.165, 1.54) is 31.4 Å². The zero-order valence-electron chi connectivity index (χ0n) is 18.6. The van der Waals surface area contributed by atoms with Crippen LogP contribution in [0, 0.1) is 0 Å². The third kappa shape index (κ3) is 5.36. The van der Waals surface area contributed by atoms with E-state index in [2.05, 4.69) is 19.7 Å². The fourth-order valence-electron chi connectivity index (χ4n) is 3.31. The molecule has 4 rings (SSSR count). The van der Waals surface area contributed by atoms with Gasteiger partial charge in [-0.05, 0) is 36.4 Å². The van der Waals surface area contributed by atoms with Crippen molar-refractivity contribution in [3.63, 3.8) is 0 Å². The number of sulfonamides is 1. The highest BCUT2D eigenvalue weighted by Crippen LogP contribution is 2.34. The summed E-state index contributed by atoms with van der Waals surface area (Å²) in [4.78, 5) is 25.4. The van der Waals surface area contributed by atoms with Gasteiger partial charge in [0.05, 0.1) is 35.7 Å². The number of anilines is 1. The number of phenols is 2. The largest absolute Gasteiger partial charge is 0.507 e. The molecule has 0 aliphatic carbocycles. The molecule has 0 saturated heterocycles. The molecular formula is C24H20N4O6S. The second-order valence-electron chi connectivity index (χ2n) is 7.50. The number of hydrogen-bond donors (Lipinski definition) is 3. The summed E-state index contributed by atoms with van der Waals surface area (Å²) in [6.07, 6.45) is 0.997. The summed E-state index contributed by atoms with van der Waals surface area (Å²) in [6.45, 7) is 0. The Morgan fingerprint density at radius 3 is 2.11 bits per heavy atom. The van der Waals surface area contributed by atoms with Crippen LogP contribution in [0.5, 0.6) is 11.5 Å². The smallest absolute Gasteiger partial charge is 0.337 e. The van der Waals surface area contributed by atoms with E-state index in [0.717, 1.165) is 6.26 Å². The highest BCUT2D eigenvalue weighted by molar-refractivity contribution is 7.92. The van der Waals surface area contributed by atoms with E-state index < -0.39 is 16.0 Å². The van der Waals surface area contributed by atoms with Gasteiger partial charge in [-0.1, -0.05) is 24.3 Å². The second-order valence-corrected chi connectivity index (χ2v) is 9.25. The van der Waals surface area contributed by atoms with E-state index in [0.29, 0.717) is 11.1 Å². The van der Waals surface area contributed by atoms with Crippen LogP contribution in [0.1, 0.15) is 10.4 Å². The maximum absolute atomic E-state index is 12.0. The topological polar surface area (TPSA) is 152 Å². The van der Waals surface area contributed by atoms with Crippen molar-refractivity contribution in [3.8, 4) is 45.7 Å². The third-order valence-corrected chi connectivity index (χ3v) is 5.47. The summed E-state index contributed by atoms with van der Waals surface area (Å²) in [7, 11) is -2.27. The quantitative estimate of drug-likeness (QED) is 0.344. The number of hydrogen-bond acceptors (Lipinski definition) is 9. The molecule has 10 nitrogen and oxygen atoms in total. The molecule has 3 N–H and O–H groups in total. The Hall–Kier alpha value is -4.51. The van der Waals surface area contributed by atoms with Gasteiger partial charge >= 0.3 is 5.97 Å². The van der Waals surface area contributed by atoms with E-state index >= 15 is 0 Å². The highest BCUT2D eigenvalue weighted by atomic mass is 32.2. The number of nitrogens with zero attached hydrogens (tertiary/aromatic N) is 3. The Bertz CT molecular complexity index is 1540. The maximum Gasteiger partial charge on any atom is 0.337 e. The number of nitrogens with one attached hydrogen (secondary N) is 1. The van der Waals surface area contributed by atoms with Crippen LogP contribution in [-0.2, 0) is 14.8 Å². The molecule has 0 aliphatic rings. The minimum Gasteiger partial charge on any atom is -0.507 e. The normalized spacial score (nSPS) is 11.1. The monoisotopic (exact) mass is 492 g/mol. The van der Waals surface area contributed by atoms with Gasteiger partial charge in [-0.2, -0.15) is 0 Å². The van der Waals surface area contributed by atoms with Gasteiger partial charge in [0, 0.05) is 11.6 Å². The molecule has 0 bridgehead atoms. The van der Waals surface area contributed by atoms with Crippen molar-refractivity contribution < 1.29 is 28.2 Å². The maximum atomic E-state index is 12.0. The first-order valence-corrected chi connectivity index (χ1v) is 12.1. The number of benzene rings is 3. The van der Waals surface area contributed by atoms with Gasteiger partial charge in [-0.3, -0.25) is 4.72 Å². The standard InChI is InChI=1S/C24H20N4O6S/c1-34-24(31)15-7-5-6-14(12-15)21-25-22(17-8-3-4-9-19(17)29)27-23(26-21)18-11-10-16(13-20(18)30)28-35(2,32)33/h3-13,28-30H,1-2H3. The highest BCUT2D eigenvalue weighted by Gasteiger charge is 2.18. The van der Waals surface area contributed by atoms with E-state index in [1.807, 2.05) is 0 Å². The van der Waals surface area contributed by atoms with E-state index in [4.69, 9.17) is 4.74 Å². The van der Waals surface area contributed by atoms with Crippen LogP contribution in [0.25, 0.3) is 34.2 Å². The number of carbonyl (C=O) groups is 1. The summed E-state index contributed by atoms with van der Waals surface area (Å²) < 4.78 is 30.1. The minimum atomic E-state index is -3.54. The van der Waals surface area contributed by atoms with Crippen molar-refractivity contribution in [2.75, 3.05) is 18.1 Å². The van der Waals surface area contributed by atoms with Crippen LogP contribution in [-0.4, -0.2) is 52.9 Å². The van der Waals surface area contributed by atoms with Crippen LogP contribution < -0.4 is 4.72 Å². The number of phenolic OH excluding ortho intramolecular Hbond substituents is 2. The Balaban J connectivity index is 1.89. The van der Waals surface area contributed by atoms with Crippen LogP contribution in [0.2, 0.25) is 0 Å². The molecule has 178 valence electrons. The van der Waals surface area contributed by atoms with Gasteiger partial charge in [-0.15, -0.1) is 0 Å². The Labute approximate surface area is 201 Å². The van der Waals surface area contributed by atoms with Crippen molar-refractivity contribution in [3.05, 3.63) is 72.3 Å². The van der Waals surface area contributed by atoms with Gasteiger partial charge < -0.3 is 14.9 Å². The third-order valence-electron chi connectivity index (χ3n) is 4.86. The van der Waals surface area contributed by atoms with Crippen LogP contribution in [0.3, 0.4) is 0 Å². The number of para-hydroxylation sites is 1. The molecule has 0 spiro atoms. The van der Waals surface area contributed by atoms with Gasteiger partial charge in [0.1, 0.15) is 11.5 Å². The lowest BCUT2D eigenvalue weighted by molar-refractivity contribution is 0.0600. The van der Waals surface area contributed by atoms with E-state index in [-0.39, 0.29) is 45.8 Å². The van der Waals surface area contributed by atoms with Crippen molar-refractivity contribution >= 4 is 21.7 Å². The molecule has 0 atom stereocenters. The van der Waals surface area contributed by atoms with Gasteiger partial charge in [0.15, 0.2) is 17.5 Å². The molecule has 0 saturated carbocycles. The van der Waals surface area contributed by atoms with Crippen LogP contribution in [0.4, 0.5) is 5.69 Å². The fraction of sp³-hybridized carbons (Fsp3) is 0.0833. The molecule has 11 heteroatoms. The first kappa shape index (κ1) is 23.6. The van der Waals surface area contributed by atoms with Crippen molar-refractivity contribution in [1.82, 2.24) is 15.0 Å². The lowest BCUT2D eigenvalue weighted by Crippen LogP contribution is -2.09. The minimum absolute atomic E-state index is 0.0594. The van der Waals surface area contributed by atoms with Crippen molar-refractivity contribution in [2.45, 2.75) is 0 Å². The van der Waals surface area contributed by atoms with Gasteiger partial charge in [0.2, 0.25) is 10.0 Å². The predicted molar refractivity (Wildman–Crippen MR) is 129 cm³/mol. The SMILES string of the molecule is COC(=O)c1cccc(-c2nc(-c3ccccc3O)nc(-c3ccc(NS(C)(=O)=O)cc3O)n2)c1. The Morgan fingerprint density at radius 2 is 1.49 bits per heavy atom. The summed E-state index contributed by atoms with van der Waals surface area (Å²) in [5.41, 5.74) is 1.46. The molecule has 0 amide bonds. The van der Waals surface area contributed by atoms with E-state index in [1.54, 1.807) is 42.5 Å². The molecular weight excluding hydrogens is 472 g/mol. The molecule has 0 radical (unpaired) electrons. The molecule has 0 aliphatic heterocycles. The summed E-state index contributed by atoms with van der Waals surface area (Å²) >= 11 is 0. The summed E-state index contributed by atoms with van der Waals surface area (Å²) in [6, 6.07) is 17.1. The number of ether oxygens (including phenoxy) is 1. The lowest BCUT2D eigenvalue weighted by atomic mass is 10.1. The second kappa shape index (κ2) is 9.39. The summed E-state index contributed by atoms with van der Waals surface area (Å²) in [5, 5.41) is 21.0. The molecule has 35 heavy (non-hydrogen) atoms. The molecule has 1 aromatic heterocycles. The Kier molecular flexibility index (Phi) is 6.34.